The summed E-state index contributed by atoms with van der Waals surface area (Å²) in [7, 11) is 0. The lowest BCUT2D eigenvalue weighted by Gasteiger charge is -2.23. The maximum atomic E-state index is 4.06. The molecule has 1 aliphatic rings. The summed E-state index contributed by atoms with van der Waals surface area (Å²) in [5.41, 5.74) is 4.13. The Morgan fingerprint density at radius 2 is 1.88 bits per heavy atom. The van der Waals surface area contributed by atoms with Gasteiger partial charge in [-0.15, -0.1) is 0 Å². The van der Waals surface area contributed by atoms with Gasteiger partial charge in [0.25, 0.3) is 0 Å². The fourth-order valence-electron chi connectivity index (χ4n) is 2.42. The van der Waals surface area contributed by atoms with Crippen LogP contribution in [0.15, 0.2) is 48.8 Å². The highest BCUT2D eigenvalue weighted by Gasteiger charge is 2.25. The summed E-state index contributed by atoms with van der Waals surface area (Å²) in [5, 5.41) is 0. The third-order valence-corrected chi connectivity index (χ3v) is 3.31. The minimum Gasteiger partial charge on any atom is -0.360 e. The Kier molecular flexibility index (Phi) is 2.13. The first-order chi connectivity index (χ1) is 7.86. The molecule has 1 aromatic carbocycles. The predicted molar refractivity (Wildman–Crippen MR) is 65.3 cm³/mol. The van der Waals surface area contributed by atoms with Crippen LogP contribution in [0.3, 0.4) is 0 Å². The molecule has 0 radical (unpaired) electrons. The Morgan fingerprint density at radius 1 is 1.12 bits per heavy atom. The molecule has 0 fully saturated rings. The van der Waals surface area contributed by atoms with Gasteiger partial charge in [-0.05, 0) is 30.2 Å². The lowest BCUT2D eigenvalue weighted by atomic mass is 10.1. The highest BCUT2D eigenvalue weighted by Crippen LogP contribution is 2.36. The summed E-state index contributed by atoms with van der Waals surface area (Å²) in [6.45, 7) is 3.26. The van der Waals surface area contributed by atoms with Gasteiger partial charge in [0.15, 0.2) is 0 Å². The lowest BCUT2D eigenvalue weighted by molar-refractivity contribution is 0.732. The number of pyridine rings is 1. The van der Waals surface area contributed by atoms with E-state index in [9.17, 15) is 0 Å². The van der Waals surface area contributed by atoms with Gasteiger partial charge in [-0.2, -0.15) is 0 Å². The van der Waals surface area contributed by atoms with E-state index >= 15 is 0 Å². The van der Waals surface area contributed by atoms with Crippen LogP contribution in [0.2, 0.25) is 0 Å². The molecule has 0 saturated heterocycles. The van der Waals surface area contributed by atoms with Crippen molar-refractivity contribution in [3.63, 3.8) is 0 Å². The van der Waals surface area contributed by atoms with E-state index in [0.29, 0.717) is 6.04 Å². The molecule has 0 spiro atoms. The van der Waals surface area contributed by atoms with Gasteiger partial charge in [0.05, 0.1) is 6.04 Å². The second-order valence-electron chi connectivity index (χ2n) is 4.21. The van der Waals surface area contributed by atoms with Gasteiger partial charge in [-0.3, -0.25) is 4.98 Å². The molecule has 0 N–H and O–H groups in total. The molecule has 1 aromatic heterocycles. The lowest BCUT2D eigenvalue weighted by Crippen LogP contribution is -2.18. The fraction of sp³-hybridized carbons (Fsp3) is 0.214. The Hall–Kier alpha value is -1.83. The zero-order chi connectivity index (χ0) is 11.0. The second-order valence-corrected chi connectivity index (χ2v) is 4.21. The van der Waals surface area contributed by atoms with Crippen LogP contribution in [0, 0.1) is 0 Å². The molecular weight excluding hydrogens is 196 g/mol. The van der Waals surface area contributed by atoms with E-state index < -0.39 is 0 Å². The van der Waals surface area contributed by atoms with E-state index in [0.717, 1.165) is 6.54 Å². The summed E-state index contributed by atoms with van der Waals surface area (Å²) in [4.78, 5) is 6.47. The topological polar surface area (TPSA) is 16.1 Å². The third-order valence-electron chi connectivity index (χ3n) is 3.31. The zero-order valence-electron chi connectivity index (χ0n) is 9.30. The Labute approximate surface area is 95.6 Å². The largest absolute Gasteiger partial charge is 0.360 e. The van der Waals surface area contributed by atoms with Gasteiger partial charge in [0.1, 0.15) is 0 Å². The molecule has 2 nitrogen and oxygen atoms in total. The summed E-state index contributed by atoms with van der Waals surface area (Å²) >= 11 is 0. The number of fused-ring (bicyclic) bond motifs is 1. The SMILES string of the molecule is CC1c2ccccc2CN1c1ccncc1. The minimum absolute atomic E-state index is 0.457. The molecule has 0 aliphatic carbocycles. The first-order valence-corrected chi connectivity index (χ1v) is 5.61. The second kappa shape index (κ2) is 3.63. The Bertz CT molecular complexity index is 493. The first-order valence-electron chi connectivity index (χ1n) is 5.61. The molecule has 2 heterocycles. The van der Waals surface area contributed by atoms with Crippen molar-refractivity contribution < 1.29 is 0 Å². The Balaban J connectivity index is 1.99. The van der Waals surface area contributed by atoms with Crippen molar-refractivity contribution in [3.05, 3.63) is 59.9 Å². The molecule has 0 saturated carbocycles. The van der Waals surface area contributed by atoms with E-state index in [1.807, 2.05) is 12.4 Å². The van der Waals surface area contributed by atoms with E-state index in [1.54, 1.807) is 0 Å². The van der Waals surface area contributed by atoms with Gasteiger partial charge < -0.3 is 4.90 Å². The molecule has 1 unspecified atom stereocenters. The number of hydrogen-bond donors (Lipinski definition) is 0. The molecule has 1 aliphatic heterocycles. The van der Waals surface area contributed by atoms with Gasteiger partial charge >= 0.3 is 0 Å². The van der Waals surface area contributed by atoms with Crippen molar-refractivity contribution >= 4 is 5.69 Å². The highest BCUT2D eigenvalue weighted by molar-refractivity contribution is 5.53. The number of benzene rings is 1. The van der Waals surface area contributed by atoms with Gasteiger partial charge in [-0.1, -0.05) is 24.3 Å². The Morgan fingerprint density at radius 3 is 2.62 bits per heavy atom. The fourth-order valence-corrected chi connectivity index (χ4v) is 2.42. The van der Waals surface area contributed by atoms with Crippen LogP contribution >= 0.6 is 0 Å². The van der Waals surface area contributed by atoms with Crippen molar-refractivity contribution in [1.29, 1.82) is 0 Å². The van der Waals surface area contributed by atoms with Crippen LogP contribution in [0.25, 0.3) is 0 Å². The number of anilines is 1. The van der Waals surface area contributed by atoms with Gasteiger partial charge in [-0.25, -0.2) is 0 Å². The first kappa shape index (κ1) is 9.40. The van der Waals surface area contributed by atoms with Crippen molar-refractivity contribution in [3.8, 4) is 0 Å². The molecule has 0 bridgehead atoms. The van der Waals surface area contributed by atoms with E-state index in [2.05, 4.69) is 53.2 Å². The van der Waals surface area contributed by atoms with Crippen LogP contribution in [-0.2, 0) is 6.54 Å². The van der Waals surface area contributed by atoms with Crippen molar-refractivity contribution in [2.24, 2.45) is 0 Å². The minimum atomic E-state index is 0.457. The van der Waals surface area contributed by atoms with Crippen LogP contribution < -0.4 is 4.90 Å². The quantitative estimate of drug-likeness (QED) is 0.718. The standard InChI is InChI=1S/C14H14N2/c1-11-14-5-3-2-4-12(14)10-16(11)13-6-8-15-9-7-13/h2-9,11H,10H2,1H3. The highest BCUT2D eigenvalue weighted by atomic mass is 15.2. The molecule has 2 aromatic rings. The number of aromatic nitrogens is 1. The van der Waals surface area contributed by atoms with Crippen LogP contribution in [0.4, 0.5) is 5.69 Å². The molecule has 1 atom stereocenters. The van der Waals surface area contributed by atoms with Crippen molar-refractivity contribution in [2.75, 3.05) is 4.90 Å². The van der Waals surface area contributed by atoms with Crippen LogP contribution in [0.5, 0.6) is 0 Å². The summed E-state index contributed by atoms with van der Waals surface area (Å²) in [6, 6.07) is 13.3. The van der Waals surface area contributed by atoms with E-state index in [1.165, 1.54) is 16.8 Å². The van der Waals surface area contributed by atoms with Gasteiger partial charge in [0, 0.05) is 24.6 Å². The molecular formula is C14H14N2. The van der Waals surface area contributed by atoms with Crippen molar-refractivity contribution in [1.82, 2.24) is 4.98 Å². The van der Waals surface area contributed by atoms with Gasteiger partial charge in [0.2, 0.25) is 0 Å². The number of nitrogens with zero attached hydrogens (tertiary/aromatic N) is 2. The molecule has 80 valence electrons. The molecule has 16 heavy (non-hydrogen) atoms. The molecule has 2 heteroatoms. The molecule has 0 amide bonds. The smallest absolute Gasteiger partial charge is 0.0521 e. The van der Waals surface area contributed by atoms with E-state index in [4.69, 9.17) is 0 Å². The third kappa shape index (κ3) is 1.38. The van der Waals surface area contributed by atoms with Crippen molar-refractivity contribution in [2.45, 2.75) is 19.5 Å². The summed E-state index contributed by atoms with van der Waals surface area (Å²) in [5.74, 6) is 0. The number of hydrogen-bond acceptors (Lipinski definition) is 2. The average molecular weight is 210 g/mol. The van der Waals surface area contributed by atoms with Crippen LogP contribution in [-0.4, -0.2) is 4.98 Å². The monoisotopic (exact) mass is 210 g/mol. The summed E-state index contributed by atoms with van der Waals surface area (Å²) in [6.07, 6.45) is 3.70. The zero-order valence-corrected chi connectivity index (χ0v) is 9.30. The van der Waals surface area contributed by atoms with E-state index in [-0.39, 0.29) is 0 Å². The normalized spacial score (nSPS) is 18.6. The maximum absolute atomic E-state index is 4.06. The summed E-state index contributed by atoms with van der Waals surface area (Å²) < 4.78 is 0. The maximum Gasteiger partial charge on any atom is 0.0521 e. The number of rotatable bonds is 1. The molecule has 3 rings (SSSR count). The predicted octanol–water partition coefficient (Wildman–Crippen LogP) is 3.16. The average Bonchev–Trinajstić information content (AvgIpc) is 2.69. The van der Waals surface area contributed by atoms with Crippen LogP contribution in [0.1, 0.15) is 24.1 Å².